The number of nitrogens with zero attached hydrogens (tertiary/aromatic N) is 1. The van der Waals surface area contributed by atoms with Crippen LogP contribution in [0, 0.1) is 0 Å². The van der Waals surface area contributed by atoms with Crippen LogP contribution in [0.2, 0.25) is 0 Å². The van der Waals surface area contributed by atoms with Crippen LogP contribution in [0.1, 0.15) is 258 Å². The van der Waals surface area contributed by atoms with E-state index in [2.05, 4.69) is 86.8 Å². The highest BCUT2D eigenvalue weighted by Gasteiger charge is 2.27. The number of allylic oxidation sites excluding steroid dienone is 11. The third kappa shape index (κ3) is 52.3. The molecule has 0 heterocycles. The van der Waals surface area contributed by atoms with Crippen LogP contribution >= 0.6 is 7.82 Å². The molecule has 0 radical (unpaired) electrons. The van der Waals surface area contributed by atoms with E-state index >= 15 is 0 Å². The Bertz CT molecular complexity index is 1460. The Morgan fingerprint density at radius 1 is 0.486 bits per heavy atom. The molecule has 10 heteroatoms. The van der Waals surface area contributed by atoms with Crippen molar-refractivity contribution in [1.82, 2.24) is 5.32 Å². The van der Waals surface area contributed by atoms with Crippen LogP contribution in [0.4, 0.5) is 0 Å². The van der Waals surface area contributed by atoms with Crippen LogP contribution in [0.25, 0.3) is 0 Å². The lowest BCUT2D eigenvalue weighted by molar-refractivity contribution is -0.870. The number of phosphoric ester groups is 1. The average molecular weight is 1030 g/mol. The van der Waals surface area contributed by atoms with Crippen molar-refractivity contribution in [2.24, 2.45) is 0 Å². The zero-order valence-electron chi connectivity index (χ0n) is 47.6. The number of esters is 1. The number of phosphoric acid groups is 1. The second-order valence-corrected chi connectivity index (χ2v) is 22.6. The fourth-order valence-electron chi connectivity index (χ4n) is 8.20. The van der Waals surface area contributed by atoms with Gasteiger partial charge in [0, 0.05) is 12.8 Å². The van der Waals surface area contributed by atoms with Crippen LogP contribution in [0.15, 0.2) is 72.9 Å². The van der Waals surface area contributed by atoms with Crippen LogP contribution < -0.4 is 10.2 Å². The number of rotatable bonds is 53. The largest absolute Gasteiger partial charge is 0.756 e. The summed E-state index contributed by atoms with van der Waals surface area (Å²) < 4.78 is 30.2. The lowest BCUT2D eigenvalue weighted by Gasteiger charge is -2.30. The van der Waals surface area contributed by atoms with E-state index in [9.17, 15) is 19.0 Å². The Morgan fingerprint density at radius 2 is 0.847 bits per heavy atom. The number of nitrogens with one attached hydrogen (secondary N) is 1. The molecule has 0 aliphatic carbocycles. The standard InChI is InChI=1S/C62H113N2O7P/c1-7-10-13-16-19-22-25-28-29-30-31-32-33-34-35-37-40-43-46-49-52-55-62(66)71-60(53-50-47-44-41-38-27-24-21-18-15-12-9-3)59(58-70-72(67,68)69-57-56-64(4,5)6)63-61(65)54-51-48-45-42-39-36-26-23-20-17-14-11-8-2/h19,22,28-29,31-32,34-36,39,50,53,59-60H,7-18,20-21,23-27,30,33,37-38,40-49,51-52,54-58H2,1-6H3,(H-,63,65,67,68)/b22-19-,29-28-,32-31-,35-34-,39-36-,53-50-. The maximum Gasteiger partial charge on any atom is 0.306 e. The summed E-state index contributed by atoms with van der Waals surface area (Å²) in [7, 11) is 1.16. The number of hydrogen-bond donors (Lipinski definition) is 1. The van der Waals surface area contributed by atoms with Crippen molar-refractivity contribution in [3.05, 3.63) is 72.9 Å². The summed E-state index contributed by atoms with van der Waals surface area (Å²) in [5, 5.41) is 3.01. The topological polar surface area (TPSA) is 114 Å². The van der Waals surface area contributed by atoms with E-state index in [0.29, 0.717) is 30.3 Å². The van der Waals surface area contributed by atoms with Gasteiger partial charge in [-0.25, -0.2) is 0 Å². The predicted molar refractivity (Wildman–Crippen MR) is 307 cm³/mol. The SMILES string of the molecule is CCCCC/C=C\C/C=C\C/C=C\C/C=C\CCCCCCCC(=O)OC(/C=C\CCCCCCCCCCCC)C(COP(=O)([O-])OCC[N+](C)(C)C)NC(=O)CCCCC/C=C\CCCCCCCC. The van der Waals surface area contributed by atoms with Gasteiger partial charge in [-0.05, 0) is 102 Å². The highest BCUT2D eigenvalue weighted by atomic mass is 31.2. The van der Waals surface area contributed by atoms with Crippen molar-refractivity contribution >= 4 is 19.7 Å². The Morgan fingerprint density at radius 3 is 1.32 bits per heavy atom. The zero-order chi connectivity index (χ0) is 52.9. The molecular formula is C62H113N2O7P. The molecule has 0 saturated carbocycles. The monoisotopic (exact) mass is 1030 g/mol. The summed E-state index contributed by atoms with van der Waals surface area (Å²) in [4.78, 5) is 39.9. The van der Waals surface area contributed by atoms with E-state index < -0.39 is 26.6 Å². The van der Waals surface area contributed by atoms with Gasteiger partial charge in [-0.2, -0.15) is 0 Å². The fourth-order valence-corrected chi connectivity index (χ4v) is 8.93. The molecule has 0 saturated heterocycles. The quantitative estimate of drug-likeness (QED) is 0.0212. The van der Waals surface area contributed by atoms with E-state index in [0.717, 1.165) is 96.3 Å². The maximum atomic E-state index is 13.5. The first-order valence-corrected chi connectivity index (χ1v) is 31.2. The molecule has 0 aromatic heterocycles. The third-order valence-corrected chi connectivity index (χ3v) is 13.8. The summed E-state index contributed by atoms with van der Waals surface area (Å²) >= 11 is 0. The number of quaternary nitrogens is 1. The molecule has 1 N–H and O–H groups in total. The average Bonchev–Trinajstić information content (AvgIpc) is 3.34. The van der Waals surface area contributed by atoms with Gasteiger partial charge in [-0.3, -0.25) is 14.2 Å². The number of unbranched alkanes of at least 4 members (excludes halogenated alkanes) is 27. The highest BCUT2D eigenvalue weighted by Crippen LogP contribution is 2.38. The maximum absolute atomic E-state index is 13.5. The number of carbonyl (C=O) groups is 2. The summed E-state index contributed by atoms with van der Waals surface area (Å²) in [5.74, 6) is -0.581. The smallest absolute Gasteiger partial charge is 0.306 e. The van der Waals surface area contributed by atoms with Gasteiger partial charge in [0.25, 0.3) is 7.82 Å². The van der Waals surface area contributed by atoms with E-state index in [4.69, 9.17) is 13.8 Å². The van der Waals surface area contributed by atoms with E-state index in [-0.39, 0.29) is 24.9 Å². The first-order chi connectivity index (χ1) is 34.9. The summed E-state index contributed by atoms with van der Waals surface area (Å²) in [6, 6.07) is -0.905. The van der Waals surface area contributed by atoms with Gasteiger partial charge in [0.15, 0.2) is 0 Å². The molecule has 0 rings (SSSR count). The number of ether oxygens (including phenoxy) is 1. The van der Waals surface area contributed by atoms with Crippen molar-refractivity contribution in [3.8, 4) is 0 Å². The van der Waals surface area contributed by atoms with Crippen molar-refractivity contribution in [2.45, 2.75) is 270 Å². The van der Waals surface area contributed by atoms with E-state index in [1.807, 2.05) is 33.3 Å². The minimum absolute atomic E-state index is 0.0305. The van der Waals surface area contributed by atoms with Gasteiger partial charge in [0.05, 0.1) is 33.8 Å². The molecule has 0 aliphatic rings. The highest BCUT2D eigenvalue weighted by molar-refractivity contribution is 7.45. The molecule has 0 bridgehead atoms. The molecular weight excluding hydrogens is 916 g/mol. The summed E-state index contributed by atoms with van der Waals surface area (Å²) in [5.41, 5.74) is 0. The Kier molecular flexibility index (Phi) is 50.1. The van der Waals surface area contributed by atoms with Gasteiger partial charge in [-0.1, -0.05) is 216 Å². The minimum atomic E-state index is -4.70. The molecule has 418 valence electrons. The van der Waals surface area contributed by atoms with Gasteiger partial charge >= 0.3 is 5.97 Å². The van der Waals surface area contributed by atoms with Crippen LogP contribution in [-0.2, 0) is 27.9 Å². The van der Waals surface area contributed by atoms with Crippen molar-refractivity contribution < 1.29 is 37.3 Å². The van der Waals surface area contributed by atoms with Crippen LogP contribution in [0.5, 0.6) is 0 Å². The Balaban J connectivity index is 5.33. The van der Waals surface area contributed by atoms with Gasteiger partial charge < -0.3 is 28.5 Å². The molecule has 0 aromatic carbocycles. The third-order valence-electron chi connectivity index (χ3n) is 12.9. The lowest BCUT2D eigenvalue weighted by Crippen LogP contribution is -2.47. The van der Waals surface area contributed by atoms with Gasteiger partial charge in [0.1, 0.15) is 19.3 Å². The number of likely N-dealkylation sites (N-methyl/N-ethyl adjacent to an activating group) is 1. The summed E-state index contributed by atoms with van der Waals surface area (Å²) in [6.45, 7) is 6.77. The van der Waals surface area contributed by atoms with Crippen molar-refractivity contribution in [1.29, 1.82) is 0 Å². The normalized spacial score (nSPS) is 14.3. The van der Waals surface area contributed by atoms with Crippen molar-refractivity contribution in [3.63, 3.8) is 0 Å². The predicted octanol–water partition coefficient (Wildman–Crippen LogP) is 17.4. The minimum Gasteiger partial charge on any atom is -0.756 e. The molecule has 0 aromatic rings. The van der Waals surface area contributed by atoms with Crippen LogP contribution in [-0.4, -0.2) is 69.4 Å². The molecule has 1 amide bonds. The molecule has 72 heavy (non-hydrogen) atoms. The van der Waals surface area contributed by atoms with E-state index in [1.54, 1.807) is 0 Å². The zero-order valence-corrected chi connectivity index (χ0v) is 48.5. The first-order valence-electron chi connectivity index (χ1n) is 29.7. The Labute approximate surface area is 444 Å². The first kappa shape index (κ1) is 69.5. The molecule has 0 aliphatic heterocycles. The molecule has 0 spiro atoms. The molecule has 0 fully saturated rings. The molecule has 9 nitrogen and oxygen atoms in total. The van der Waals surface area contributed by atoms with Crippen molar-refractivity contribution in [2.75, 3.05) is 40.9 Å². The molecule has 3 atom stereocenters. The second-order valence-electron chi connectivity index (χ2n) is 21.1. The number of hydrogen-bond acceptors (Lipinski definition) is 7. The lowest BCUT2D eigenvalue weighted by atomic mass is 10.0. The number of amides is 1. The van der Waals surface area contributed by atoms with Gasteiger partial charge in [-0.15, -0.1) is 0 Å². The summed E-state index contributed by atoms with van der Waals surface area (Å²) in [6.07, 6.45) is 65.8. The fraction of sp³-hybridized carbons (Fsp3) is 0.774. The van der Waals surface area contributed by atoms with Crippen LogP contribution in [0.3, 0.4) is 0 Å². The Hall–Kier alpha value is -2.55. The van der Waals surface area contributed by atoms with E-state index in [1.165, 1.54) is 116 Å². The molecule has 3 unspecified atom stereocenters. The second kappa shape index (κ2) is 51.9. The number of carbonyl (C=O) groups excluding carboxylic acids is 2. The van der Waals surface area contributed by atoms with Gasteiger partial charge in [0.2, 0.25) is 5.91 Å².